The minimum atomic E-state index is -0.779. The van der Waals surface area contributed by atoms with E-state index >= 15 is 0 Å². The van der Waals surface area contributed by atoms with E-state index in [9.17, 15) is 5.48 Å². The van der Waals surface area contributed by atoms with Crippen molar-refractivity contribution >= 4 is 60.5 Å². The highest BCUT2D eigenvalue weighted by Crippen LogP contribution is 2.45. The van der Waals surface area contributed by atoms with Crippen LogP contribution < -0.4 is 4.90 Å². The molecule has 0 aliphatic heterocycles. The van der Waals surface area contributed by atoms with Gasteiger partial charge in [-0.1, -0.05) is 157 Å². The van der Waals surface area contributed by atoms with Crippen LogP contribution in [0.15, 0.2) is 204 Å². The van der Waals surface area contributed by atoms with Gasteiger partial charge in [0.25, 0.3) is 0 Å². The largest absolute Gasteiger partial charge is 0.455 e. The monoisotopic (exact) mass is 676 g/mol. The minimum absolute atomic E-state index is 0.160. The lowest BCUT2D eigenvalue weighted by Gasteiger charge is -2.27. The third-order valence-electron chi connectivity index (χ3n) is 9.27. The average molecular weight is 677 g/mol. The molecule has 0 atom stereocenters. The molecule has 10 rings (SSSR count). The summed E-state index contributed by atoms with van der Waals surface area (Å²) in [6, 6.07) is 29.6. The van der Waals surface area contributed by atoms with Crippen LogP contribution in [0.25, 0.3) is 76.9 Å². The van der Waals surface area contributed by atoms with Crippen molar-refractivity contribution in [2.24, 2.45) is 0 Å². The fourth-order valence-corrected chi connectivity index (χ4v) is 6.88. The molecular formula is C50H33NO. The molecule has 2 heteroatoms. The van der Waals surface area contributed by atoms with E-state index in [1.165, 1.54) is 0 Å². The van der Waals surface area contributed by atoms with E-state index in [1.807, 2.05) is 115 Å². The highest BCUT2D eigenvalue weighted by Gasteiger charge is 2.21. The van der Waals surface area contributed by atoms with E-state index in [0.29, 0.717) is 27.9 Å². The Balaban J connectivity index is 1.25. The van der Waals surface area contributed by atoms with Crippen LogP contribution in [0.2, 0.25) is 0 Å². The molecule has 1 aromatic heterocycles. The van der Waals surface area contributed by atoms with Crippen LogP contribution in [0, 0.1) is 0 Å². The normalized spacial score (nSPS) is 15.0. The molecule has 0 fully saturated rings. The first kappa shape index (κ1) is 19.5. The van der Waals surface area contributed by atoms with Gasteiger partial charge >= 0.3 is 0 Å². The lowest BCUT2D eigenvalue weighted by Crippen LogP contribution is -2.10. The predicted molar refractivity (Wildman–Crippen MR) is 220 cm³/mol. The number of furan rings is 1. The molecule has 0 radical (unpaired) electrons. The molecule has 1 heterocycles. The Hall–Kier alpha value is -6.90. The lowest BCUT2D eigenvalue weighted by molar-refractivity contribution is 0.672. The zero-order valence-corrected chi connectivity index (χ0v) is 27.4. The maximum Gasteiger partial charge on any atom is 0.143 e. The maximum absolute atomic E-state index is 9.69. The van der Waals surface area contributed by atoms with Gasteiger partial charge in [0.2, 0.25) is 0 Å². The fourth-order valence-electron chi connectivity index (χ4n) is 6.88. The molecule has 0 saturated carbocycles. The van der Waals surface area contributed by atoms with Gasteiger partial charge in [0.05, 0.1) is 28.9 Å². The summed E-state index contributed by atoms with van der Waals surface area (Å²) in [4.78, 5) is 1.65. The molecular weight excluding hydrogens is 631 g/mol. The zero-order valence-electron chi connectivity index (χ0n) is 40.4. The Bertz CT molecular complexity index is 3580. The maximum atomic E-state index is 9.69. The summed E-state index contributed by atoms with van der Waals surface area (Å²) in [6.07, 6.45) is 0. The molecule has 244 valence electrons. The summed E-state index contributed by atoms with van der Waals surface area (Å²) >= 11 is 0. The van der Waals surface area contributed by atoms with Crippen molar-refractivity contribution in [3.8, 4) is 33.4 Å². The first-order chi connectivity index (χ1) is 31.2. The highest BCUT2D eigenvalue weighted by molar-refractivity contribution is 6.19. The summed E-state index contributed by atoms with van der Waals surface area (Å²) in [5.74, 6) is 0. The fraction of sp³-hybridized carbons (Fsp3) is 0. The molecule has 9 aromatic carbocycles. The smallest absolute Gasteiger partial charge is 0.143 e. The summed E-state index contributed by atoms with van der Waals surface area (Å²) in [6.45, 7) is 0. The number of fused-ring (bicyclic) bond motifs is 6. The van der Waals surface area contributed by atoms with Crippen LogP contribution >= 0.6 is 0 Å². The van der Waals surface area contributed by atoms with Gasteiger partial charge < -0.3 is 9.32 Å². The van der Waals surface area contributed by atoms with E-state index in [4.69, 9.17) is 16.8 Å². The minimum Gasteiger partial charge on any atom is -0.455 e. The Morgan fingerprint density at radius 2 is 1.04 bits per heavy atom. The van der Waals surface area contributed by atoms with Crippen LogP contribution in [-0.4, -0.2) is 0 Å². The number of anilines is 3. The van der Waals surface area contributed by atoms with Crippen LogP contribution in [0.5, 0.6) is 0 Å². The molecule has 0 amide bonds. The topological polar surface area (TPSA) is 16.4 Å². The van der Waals surface area contributed by atoms with Gasteiger partial charge in [-0.05, 0) is 92.0 Å². The van der Waals surface area contributed by atoms with Gasteiger partial charge in [0.1, 0.15) is 11.2 Å². The zero-order chi connectivity index (χ0) is 45.7. The first-order valence-corrected chi connectivity index (χ1v) is 16.7. The Labute approximate surface area is 320 Å². The SMILES string of the molecule is [2H]c1c([2H])c([2H])c(-c2c([2H])c([2H])c(-c3c([2H])c([2H])c(N(c4cccc(-c5cccc6ccccc56)c4)c4cccc5oc6c7ccccc7ccc6c45)c([2H])c3[2H])c([2H])c2[2H])c([2H])c1[2H]. The first-order valence-electron chi connectivity index (χ1n) is 23.2. The second kappa shape index (κ2) is 12.5. The number of hydrogen-bond donors (Lipinski definition) is 0. The van der Waals surface area contributed by atoms with E-state index < -0.39 is 101 Å². The molecule has 52 heavy (non-hydrogen) atoms. The van der Waals surface area contributed by atoms with Crippen molar-refractivity contribution < 1.29 is 22.2 Å². The van der Waals surface area contributed by atoms with Crippen LogP contribution in [0.3, 0.4) is 0 Å². The van der Waals surface area contributed by atoms with Gasteiger partial charge in [-0.3, -0.25) is 0 Å². The predicted octanol–water partition coefficient (Wildman–Crippen LogP) is 14.4. The van der Waals surface area contributed by atoms with E-state index in [2.05, 4.69) is 0 Å². The standard InChI is InChI=1S/C50H33NO/c1-2-11-34(12-3-1)35-23-25-36(26-24-35)37-27-30-41(31-28-37)51(42-17-8-16-40(33-42)44-20-9-15-38-13-4-6-18-43(38)44)47-21-10-22-48-49(47)46-32-29-39-14-5-7-19-45(39)50(46)52-48/h1-33H/i1D,2D,3D,11D,12D,23D,24D,25D,26D,27D,28D,30D,31D. The second-order valence-electron chi connectivity index (χ2n) is 12.3. The van der Waals surface area contributed by atoms with Gasteiger partial charge in [0, 0.05) is 22.1 Å². The van der Waals surface area contributed by atoms with Crippen molar-refractivity contribution in [3.63, 3.8) is 0 Å². The molecule has 0 aliphatic rings. The highest BCUT2D eigenvalue weighted by atomic mass is 16.3. The number of hydrogen-bond acceptors (Lipinski definition) is 2. The Morgan fingerprint density at radius 3 is 1.81 bits per heavy atom. The summed E-state index contributed by atoms with van der Waals surface area (Å²) in [7, 11) is 0. The quantitative estimate of drug-likeness (QED) is 0.174. The molecule has 0 saturated heterocycles. The van der Waals surface area contributed by atoms with E-state index in [0.717, 1.165) is 38.1 Å². The van der Waals surface area contributed by atoms with Crippen LogP contribution in [0.4, 0.5) is 17.1 Å². The van der Waals surface area contributed by atoms with Crippen molar-refractivity contribution in [3.05, 3.63) is 200 Å². The summed E-state index contributed by atoms with van der Waals surface area (Å²) in [5, 5.41) is 5.26. The molecule has 10 aromatic rings. The van der Waals surface area contributed by atoms with E-state index in [-0.39, 0.29) is 5.69 Å². The van der Waals surface area contributed by atoms with Gasteiger partial charge in [-0.25, -0.2) is 0 Å². The second-order valence-corrected chi connectivity index (χ2v) is 12.3. The van der Waals surface area contributed by atoms with Crippen molar-refractivity contribution in [2.75, 3.05) is 4.90 Å². The number of benzene rings is 9. The van der Waals surface area contributed by atoms with Crippen molar-refractivity contribution in [1.82, 2.24) is 0 Å². The van der Waals surface area contributed by atoms with E-state index in [1.54, 1.807) is 11.0 Å². The van der Waals surface area contributed by atoms with Crippen molar-refractivity contribution in [1.29, 1.82) is 0 Å². The average Bonchev–Trinajstić information content (AvgIpc) is 3.72. The molecule has 0 N–H and O–H groups in total. The number of nitrogens with zero attached hydrogens (tertiary/aromatic N) is 1. The molecule has 2 nitrogen and oxygen atoms in total. The molecule has 0 unspecified atom stereocenters. The Kier molecular flexibility index (Phi) is 4.67. The van der Waals surface area contributed by atoms with Gasteiger partial charge in [-0.2, -0.15) is 0 Å². The third-order valence-corrected chi connectivity index (χ3v) is 9.27. The Morgan fingerprint density at radius 1 is 0.423 bits per heavy atom. The van der Waals surface area contributed by atoms with Gasteiger partial charge in [-0.15, -0.1) is 0 Å². The van der Waals surface area contributed by atoms with Gasteiger partial charge in [0.15, 0.2) is 0 Å². The van der Waals surface area contributed by atoms with Crippen LogP contribution in [0.1, 0.15) is 17.8 Å². The number of rotatable bonds is 6. The van der Waals surface area contributed by atoms with Crippen LogP contribution in [-0.2, 0) is 0 Å². The third kappa shape index (κ3) is 5.12. The molecule has 0 aliphatic carbocycles. The summed E-state index contributed by atoms with van der Waals surface area (Å²) in [5.41, 5.74) is 1.54. The van der Waals surface area contributed by atoms with Crippen molar-refractivity contribution in [2.45, 2.75) is 0 Å². The molecule has 0 bridgehead atoms. The summed E-state index contributed by atoms with van der Waals surface area (Å²) < 4.78 is 122. The lowest BCUT2D eigenvalue weighted by atomic mass is 9.97. The molecule has 0 spiro atoms.